The summed E-state index contributed by atoms with van der Waals surface area (Å²) in [6, 6.07) is 11.4. The largest absolute Gasteiger partial charge is 0.310 e. The zero-order valence-electron chi connectivity index (χ0n) is 10.4. The molecule has 88 valence electrons. The van der Waals surface area contributed by atoms with E-state index >= 15 is 0 Å². The first-order valence-electron chi connectivity index (χ1n) is 6.54. The van der Waals surface area contributed by atoms with Crippen LogP contribution in [0.1, 0.15) is 38.7 Å². The Labute approximate surface area is 99.3 Å². The molecule has 3 atom stereocenters. The third kappa shape index (κ3) is 2.85. The second kappa shape index (κ2) is 5.49. The minimum Gasteiger partial charge on any atom is -0.310 e. The molecule has 0 radical (unpaired) electrons. The highest BCUT2D eigenvalue weighted by Crippen LogP contribution is 2.29. The Balaban J connectivity index is 1.85. The van der Waals surface area contributed by atoms with Crippen molar-refractivity contribution in [3.63, 3.8) is 0 Å². The quantitative estimate of drug-likeness (QED) is 0.815. The number of rotatable bonds is 3. The number of nitrogens with one attached hydrogen (secondary N) is 1. The van der Waals surface area contributed by atoms with E-state index in [0.29, 0.717) is 6.04 Å². The topological polar surface area (TPSA) is 12.0 Å². The minimum atomic E-state index is 0.712. The molecule has 0 aromatic heterocycles. The van der Waals surface area contributed by atoms with E-state index in [1.807, 2.05) is 0 Å². The fourth-order valence-corrected chi connectivity index (χ4v) is 2.71. The normalized spacial score (nSPS) is 30.2. The summed E-state index contributed by atoms with van der Waals surface area (Å²) in [5.74, 6) is 1.69. The first-order chi connectivity index (χ1) is 7.77. The van der Waals surface area contributed by atoms with Gasteiger partial charge in [-0.2, -0.15) is 0 Å². The molecule has 0 unspecified atom stereocenters. The van der Waals surface area contributed by atoms with Gasteiger partial charge in [-0.3, -0.25) is 0 Å². The summed E-state index contributed by atoms with van der Waals surface area (Å²) in [7, 11) is 0. The molecule has 0 aliphatic heterocycles. The number of hydrogen-bond donors (Lipinski definition) is 1. The first kappa shape index (κ1) is 11.7. The molecule has 1 nitrogen and oxygen atoms in total. The highest BCUT2D eigenvalue weighted by molar-refractivity contribution is 5.14. The molecule has 1 aromatic carbocycles. The first-order valence-corrected chi connectivity index (χ1v) is 6.54. The third-order valence-electron chi connectivity index (χ3n) is 4.12. The van der Waals surface area contributed by atoms with Gasteiger partial charge in [0.15, 0.2) is 0 Å². The van der Waals surface area contributed by atoms with E-state index in [1.165, 1.54) is 24.8 Å². The van der Waals surface area contributed by atoms with Crippen LogP contribution in [-0.2, 0) is 6.54 Å². The van der Waals surface area contributed by atoms with Crippen molar-refractivity contribution < 1.29 is 0 Å². The van der Waals surface area contributed by atoms with Crippen molar-refractivity contribution in [1.29, 1.82) is 0 Å². The van der Waals surface area contributed by atoms with Crippen LogP contribution in [0.25, 0.3) is 0 Å². The fourth-order valence-electron chi connectivity index (χ4n) is 2.71. The maximum absolute atomic E-state index is 3.72. The van der Waals surface area contributed by atoms with Crippen molar-refractivity contribution in [2.45, 2.75) is 45.7 Å². The standard InChI is InChI=1S/C15H23N/c1-12-7-6-10-15(13(12)2)16-11-14-8-4-3-5-9-14/h3-5,8-9,12-13,15-16H,6-7,10-11H2,1-2H3/t12-,13+,15+/m0/s1. The maximum Gasteiger partial charge on any atom is 0.0208 e. The van der Waals surface area contributed by atoms with E-state index in [4.69, 9.17) is 0 Å². The van der Waals surface area contributed by atoms with Gasteiger partial charge >= 0.3 is 0 Å². The Morgan fingerprint density at radius 3 is 2.62 bits per heavy atom. The SMILES string of the molecule is C[C@@H]1[C@@H](C)CCC[C@H]1NCc1ccccc1. The molecule has 0 spiro atoms. The Morgan fingerprint density at radius 1 is 1.12 bits per heavy atom. The van der Waals surface area contributed by atoms with E-state index in [-0.39, 0.29) is 0 Å². The lowest BCUT2D eigenvalue weighted by atomic mass is 9.78. The molecule has 1 aliphatic rings. The van der Waals surface area contributed by atoms with Gasteiger partial charge in [0.2, 0.25) is 0 Å². The molecule has 1 saturated carbocycles. The molecule has 1 aromatic rings. The Bertz CT molecular complexity index is 306. The molecule has 0 saturated heterocycles. The van der Waals surface area contributed by atoms with E-state index in [9.17, 15) is 0 Å². The average molecular weight is 217 g/mol. The lowest BCUT2D eigenvalue weighted by molar-refractivity contribution is 0.206. The molecule has 1 N–H and O–H groups in total. The summed E-state index contributed by atoms with van der Waals surface area (Å²) in [4.78, 5) is 0. The van der Waals surface area contributed by atoms with Crippen LogP contribution >= 0.6 is 0 Å². The monoisotopic (exact) mass is 217 g/mol. The van der Waals surface area contributed by atoms with Gasteiger partial charge in [-0.25, -0.2) is 0 Å². The van der Waals surface area contributed by atoms with E-state index < -0.39 is 0 Å². The van der Waals surface area contributed by atoms with Crippen LogP contribution in [0.4, 0.5) is 0 Å². The van der Waals surface area contributed by atoms with Gasteiger partial charge in [-0.05, 0) is 23.8 Å². The lowest BCUT2D eigenvalue weighted by Crippen LogP contribution is -2.40. The van der Waals surface area contributed by atoms with Crippen LogP contribution in [0.3, 0.4) is 0 Å². The Morgan fingerprint density at radius 2 is 1.88 bits per heavy atom. The summed E-state index contributed by atoms with van der Waals surface area (Å²) in [6.07, 6.45) is 4.14. The number of benzene rings is 1. The van der Waals surface area contributed by atoms with Gasteiger partial charge in [-0.1, -0.05) is 57.0 Å². The van der Waals surface area contributed by atoms with Crippen molar-refractivity contribution in [3.8, 4) is 0 Å². The summed E-state index contributed by atoms with van der Waals surface area (Å²) >= 11 is 0. The fraction of sp³-hybridized carbons (Fsp3) is 0.600. The predicted octanol–water partition coefficient (Wildman–Crippen LogP) is 3.60. The van der Waals surface area contributed by atoms with E-state index in [1.54, 1.807) is 0 Å². The molecule has 1 aliphatic carbocycles. The van der Waals surface area contributed by atoms with E-state index in [2.05, 4.69) is 49.5 Å². The molecule has 16 heavy (non-hydrogen) atoms. The molecular weight excluding hydrogens is 194 g/mol. The molecule has 0 bridgehead atoms. The van der Waals surface area contributed by atoms with Gasteiger partial charge in [0.1, 0.15) is 0 Å². The predicted molar refractivity (Wildman–Crippen MR) is 69.2 cm³/mol. The van der Waals surface area contributed by atoms with Crippen molar-refractivity contribution in [3.05, 3.63) is 35.9 Å². The zero-order chi connectivity index (χ0) is 11.4. The molecule has 1 fully saturated rings. The summed E-state index contributed by atoms with van der Waals surface area (Å²) < 4.78 is 0. The molecular formula is C15H23N. The van der Waals surface area contributed by atoms with Gasteiger partial charge in [0.25, 0.3) is 0 Å². The molecule has 0 heterocycles. The minimum absolute atomic E-state index is 0.712. The molecule has 2 rings (SSSR count). The van der Waals surface area contributed by atoms with Gasteiger partial charge < -0.3 is 5.32 Å². The smallest absolute Gasteiger partial charge is 0.0208 e. The van der Waals surface area contributed by atoms with Gasteiger partial charge in [-0.15, -0.1) is 0 Å². The summed E-state index contributed by atoms with van der Waals surface area (Å²) in [6.45, 7) is 5.80. The molecule has 1 heteroatoms. The van der Waals surface area contributed by atoms with Gasteiger partial charge in [0.05, 0.1) is 0 Å². The third-order valence-corrected chi connectivity index (χ3v) is 4.12. The van der Waals surface area contributed by atoms with Crippen LogP contribution in [0, 0.1) is 11.8 Å². The van der Waals surface area contributed by atoms with Crippen LogP contribution < -0.4 is 5.32 Å². The highest BCUT2D eigenvalue weighted by atomic mass is 14.9. The van der Waals surface area contributed by atoms with Crippen molar-refractivity contribution in [2.75, 3.05) is 0 Å². The number of hydrogen-bond acceptors (Lipinski definition) is 1. The van der Waals surface area contributed by atoms with Crippen molar-refractivity contribution >= 4 is 0 Å². The second-order valence-corrected chi connectivity index (χ2v) is 5.24. The van der Waals surface area contributed by atoms with E-state index in [0.717, 1.165) is 18.4 Å². The lowest BCUT2D eigenvalue weighted by Gasteiger charge is -2.34. The van der Waals surface area contributed by atoms with Crippen LogP contribution in [0.5, 0.6) is 0 Å². The Hall–Kier alpha value is -0.820. The van der Waals surface area contributed by atoms with Crippen LogP contribution in [0.2, 0.25) is 0 Å². The van der Waals surface area contributed by atoms with Crippen molar-refractivity contribution in [2.24, 2.45) is 11.8 Å². The summed E-state index contributed by atoms with van der Waals surface area (Å²) in [5, 5.41) is 3.72. The maximum atomic E-state index is 3.72. The second-order valence-electron chi connectivity index (χ2n) is 5.24. The van der Waals surface area contributed by atoms with Crippen molar-refractivity contribution in [1.82, 2.24) is 5.32 Å². The zero-order valence-corrected chi connectivity index (χ0v) is 10.4. The molecule has 0 amide bonds. The average Bonchev–Trinajstić information content (AvgIpc) is 2.32. The summed E-state index contributed by atoms with van der Waals surface area (Å²) in [5.41, 5.74) is 1.40. The highest BCUT2D eigenvalue weighted by Gasteiger charge is 2.26. The van der Waals surface area contributed by atoms with Crippen LogP contribution in [-0.4, -0.2) is 6.04 Å². The Kier molecular flexibility index (Phi) is 4.00. The van der Waals surface area contributed by atoms with Gasteiger partial charge in [0, 0.05) is 12.6 Å². The van der Waals surface area contributed by atoms with Crippen LogP contribution in [0.15, 0.2) is 30.3 Å².